The molecule has 102 valence electrons. The molecule has 3 rings (SSSR count). The van der Waals surface area contributed by atoms with Gasteiger partial charge in [-0.1, -0.05) is 6.07 Å². The van der Waals surface area contributed by atoms with E-state index in [0.717, 1.165) is 25.2 Å². The molecular weight excluding hydrogens is 254 g/mol. The molecule has 1 aliphatic heterocycles. The molecular formula is C15H15N3O2. The average molecular weight is 269 g/mol. The van der Waals surface area contributed by atoms with E-state index in [1.165, 1.54) is 29.5 Å². The van der Waals surface area contributed by atoms with Crippen LogP contribution >= 0.6 is 0 Å². The Morgan fingerprint density at radius 1 is 1.15 bits per heavy atom. The lowest BCUT2D eigenvalue weighted by molar-refractivity contribution is 0.102. The summed E-state index contributed by atoms with van der Waals surface area (Å²) in [4.78, 5) is 25.5. The van der Waals surface area contributed by atoms with Crippen LogP contribution in [0.4, 0.5) is 5.69 Å². The van der Waals surface area contributed by atoms with Gasteiger partial charge in [0.25, 0.3) is 5.91 Å². The van der Waals surface area contributed by atoms with Crippen LogP contribution in [0, 0.1) is 0 Å². The van der Waals surface area contributed by atoms with E-state index in [1.54, 1.807) is 0 Å². The van der Waals surface area contributed by atoms with Crippen LogP contribution in [0.3, 0.4) is 0 Å². The van der Waals surface area contributed by atoms with Crippen molar-refractivity contribution in [3.63, 3.8) is 0 Å². The molecule has 0 spiro atoms. The summed E-state index contributed by atoms with van der Waals surface area (Å²) >= 11 is 0. The minimum Gasteiger partial charge on any atom is -0.328 e. The number of H-pyrrole nitrogens is 1. The summed E-state index contributed by atoms with van der Waals surface area (Å²) in [6, 6.07) is 8.80. The average Bonchev–Trinajstić information content (AvgIpc) is 2.48. The summed E-state index contributed by atoms with van der Waals surface area (Å²) in [6.45, 7) is 1.83. The lowest BCUT2D eigenvalue weighted by Gasteiger charge is -2.18. The SMILES string of the molecule is O=C(Nc1ccc2c(c1)CNCC2)c1ccc(=O)[nH]c1. The number of benzene rings is 1. The highest BCUT2D eigenvalue weighted by Gasteiger charge is 2.11. The van der Waals surface area contributed by atoms with E-state index in [-0.39, 0.29) is 11.5 Å². The number of amides is 1. The summed E-state index contributed by atoms with van der Waals surface area (Å²) in [5.41, 5.74) is 3.52. The molecule has 3 N–H and O–H groups in total. The Kier molecular flexibility index (Phi) is 3.35. The molecule has 20 heavy (non-hydrogen) atoms. The highest BCUT2D eigenvalue weighted by Crippen LogP contribution is 2.19. The van der Waals surface area contributed by atoms with Gasteiger partial charge in [0.05, 0.1) is 5.56 Å². The Morgan fingerprint density at radius 2 is 2.05 bits per heavy atom. The van der Waals surface area contributed by atoms with Gasteiger partial charge in [-0.15, -0.1) is 0 Å². The predicted octanol–water partition coefficient (Wildman–Crippen LogP) is 1.27. The van der Waals surface area contributed by atoms with Crippen molar-refractivity contribution in [2.24, 2.45) is 0 Å². The van der Waals surface area contributed by atoms with E-state index in [1.807, 2.05) is 12.1 Å². The Balaban J connectivity index is 1.79. The quantitative estimate of drug-likeness (QED) is 0.768. The Bertz CT molecular complexity index is 686. The number of hydrogen-bond donors (Lipinski definition) is 3. The molecule has 0 saturated heterocycles. The third kappa shape index (κ3) is 2.62. The molecule has 1 amide bonds. The molecule has 5 nitrogen and oxygen atoms in total. The first-order valence-electron chi connectivity index (χ1n) is 6.55. The fourth-order valence-electron chi connectivity index (χ4n) is 2.31. The second kappa shape index (κ2) is 5.30. The minimum atomic E-state index is -0.232. The van der Waals surface area contributed by atoms with Crippen molar-refractivity contribution in [1.82, 2.24) is 10.3 Å². The van der Waals surface area contributed by atoms with Crippen molar-refractivity contribution in [3.05, 3.63) is 63.6 Å². The van der Waals surface area contributed by atoms with E-state index in [9.17, 15) is 9.59 Å². The first-order chi connectivity index (χ1) is 9.72. The summed E-state index contributed by atoms with van der Waals surface area (Å²) in [5, 5.41) is 6.15. The van der Waals surface area contributed by atoms with Crippen LogP contribution in [0.1, 0.15) is 21.5 Å². The molecule has 2 aromatic rings. The Morgan fingerprint density at radius 3 is 2.85 bits per heavy atom. The molecule has 1 aromatic carbocycles. The Hall–Kier alpha value is -2.40. The monoisotopic (exact) mass is 269 g/mol. The van der Waals surface area contributed by atoms with Crippen molar-refractivity contribution in [2.45, 2.75) is 13.0 Å². The van der Waals surface area contributed by atoms with Gasteiger partial charge in [0.15, 0.2) is 0 Å². The van der Waals surface area contributed by atoms with Crippen LogP contribution in [0.2, 0.25) is 0 Å². The second-order valence-electron chi connectivity index (χ2n) is 4.81. The van der Waals surface area contributed by atoms with E-state index in [0.29, 0.717) is 5.56 Å². The van der Waals surface area contributed by atoms with Crippen molar-refractivity contribution in [1.29, 1.82) is 0 Å². The number of carbonyl (C=O) groups is 1. The van der Waals surface area contributed by atoms with Crippen LogP contribution in [-0.4, -0.2) is 17.4 Å². The zero-order valence-electron chi connectivity index (χ0n) is 10.9. The van der Waals surface area contributed by atoms with Gasteiger partial charge in [-0.2, -0.15) is 0 Å². The van der Waals surface area contributed by atoms with Crippen LogP contribution in [0.25, 0.3) is 0 Å². The Labute approximate surface area is 116 Å². The van der Waals surface area contributed by atoms with E-state index < -0.39 is 0 Å². The normalized spacial score (nSPS) is 13.6. The second-order valence-corrected chi connectivity index (χ2v) is 4.81. The number of aromatic amines is 1. The summed E-state index contributed by atoms with van der Waals surface area (Å²) in [6.07, 6.45) is 2.43. The molecule has 0 fully saturated rings. The van der Waals surface area contributed by atoms with Gasteiger partial charge in [0.1, 0.15) is 0 Å². The van der Waals surface area contributed by atoms with Gasteiger partial charge in [0, 0.05) is 24.5 Å². The van der Waals surface area contributed by atoms with Crippen molar-refractivity contribution in [3.8, 4) is 0 Å². The van der Waals surface area contributed by atoms with E-state index in [4.69, 9.17) is 0 Å². The van der Waals surface area contributed by atoms with Crippen LogP contribution in [0.15, 0.2) is 41.3 Å². The predicted molar refractivity (Wildman–Crippen MR) is 76.9 cm³/mol. The third-order valence-electron chi connectivity index (χ3n) is 3.40. The maximum atomic E-state index is 12.0. The fourth-order valence-corrected chi connectivity index (χ4v) is 2.31. The van der Waals surface area contributed by atoms with Crippen LogP contribution in [-0.2, 0) is 13.0 Å². The van der Waals surface area contributed by atoms with Crippen molar-refractivity contribution < 1.29 is 4.79 Å². The van der Waals surface area contributed by atoms with Gasteiger partial charge in [-0.3, -0.25) is 9.59 Å². The number of pyridine rings is 1. The standard InChI is InChI=1S/C15H15N3O2/c19-14-4-2-11(9-17-14)15(20)18-13-3-1-10-5-6-16-8-12(10)7-13/h1-4,7,9,16H,5-6,8H2,(H,17,19)(H,18,20). The molecule has 5 heteroatoms. The molecule has 0 atom stereocenters. The molecule has 1 aliphatic rings. The molecule has 0 saturated carbocycles. The maximum Gasteiger partial charge on any atom is 0.257 e. The zero-order chi connectivity index (χ0) is 13.9. The van der Waals surface area contributed by atoms with Gasteiger partial charge in [-0.05, 0) is 42.3 Å². The minimum absolute atomic E-state index is 0.221. The molecule has 0 aliphatic carbocycles. The first-order valence-corrected chi connectivity index (χ1v) is 6.55. The fraction of sp³-hybridized carbons (Fsp3) is 0.200. The molecule has 0 bridgehead atoms. The van der Waals surface area contributed by atoms with E-state index >= 15 is 0 Å². The van der Waals surface area contributed by atoms with Crippen LogP contribution in [0.5, 0.6) is 0 Å². The summed E-state index contributed by atoms with van der Waals surface area (Å²) in [5.74, 6) is -0.232. The topological polar surface area (TPSA) is 74.0 Å². The number of aromatic nitrogens is 1. The number of fused-ring (bicyclic) bond motifs is 1. The zero-order valence-corrected chi connectivity index (χ0v) is 10.9. The van der Waals surface area contributed by atoms with Gasteiger partial charge >= 0.3 is 0 Å². The lowest BCUT2D eigenvalue weighted by Crippen LogP contribution is -2.23. The van der Waals surface area contributed by atoms with Crippen molar-refractivity contribution in [2.75, 3.05) is 11.9 Å². The number of nitrogens with one attached hydrogen (secondary N) is 3. The van der Waals surface area contributed by atoms with Crippen LogP contribution < -0.4 is 16.2 Å². The first kappa shape index (κ1) is 12.6. The summed E-state index contributed by atoms with van der Waals surface area (Å²) in [7, 11) is 0. The smallest absolute Gasteiger partial charge is 0.257 e. The number of hydrogen-bond acceptors (Lipinski definition) is 3. The van der Waals surface area contributed by atoms with Crippen molar-refractivity contribution >= 4 is 11.6 Å². The van der Waals surface area contributed by atoms with Gasteiger partial charge in [-0.25, -0.2) is 0 Å². The molecule has 0 radical (unpaired) electrons. The number of rotatable bonds is 2. The van der Waals surface area contributed by atoms with Gasteiger partial charge < -0.3 is 15.6 Å². The lowest BCUT2D eigenvalue weighted by atomic mass is 10.0. The van der Waals surface area contributed by atoms with Gasteiger partial charge in [0.2, 0.25) is 5.56 Å². The summed E-state index contributed by atoms with van der Waals surface area (Å²) < 4.78 is 0. The number of carbonyl (C=O) groups excluding carboxylic acids is 1. The molecule has 1 aromatic heterocycles. The molecule has 2 heterocycles. The third-order valence-corrected chi connectivity index (χ3v) is 3.40. The van der Waals surface area contributed by atoms with E-state index in [2.05, 4.69) is 21.7 Å². The maximum absolute atomic E-state index is 12.0. The number of anilines is 1. The largest absolute Gasteiger partial charge is 0.328 e. The molecule has 0 unspecified atom stereocenters. The highest BCUT2D eigenvalue weighted by molar-refractivity contribution is 6.04. The highest BCUT2D eigenvalue weighted by atomic mass is 16.1.